The zero-order valence-corrected chi connectivity index (χ0v) is 19.6. The Bertz CT molecular complexity index is 1140. The number of rotatable bonds is 2. The van der Waals surface area contributed by atoms with Gasteiger partial charge < -0.3 is 9.30 Å². The molecule has 6 rings (SSSR count). The van der Waals surface area contributed by atoms with Crippen molar-refractivity contribution in [2.45, 2.75) is 71.8 Å². The number of hydrogen-bond donors (Lipinski definition) is 0. The second kappa shape index (κ2) is 7.10. The molecule has 4 aliphatic carbocycles. The minimum Gasteiger partial charge on any atom is -0.462 e. The topological polar surface area (TPSA) is 31.2 Å². The van der Waals surface area contributed by atoms with E-state index in [4.69, 9.17) is 4.74 Å². The summed E-state index contributed by atoms with van der Waals surface area (Å²) in [6.45, 7) is 6.60. The van der Waals surface area contributed by atoms with Crippen LogP contribution in [0.25, 0.3) is 16.6 Å². The van der Waals surface area contributed by atoms with Gasteiger partial charge in [-0.3, -0.25) is 4.79 Å². The molecule has 6 atom stereocenters. The van der Waals surface area contributed by atoms with Crippen LogP contribution in [0.4, 0.5) is 0 Å². The number of benzene rings is 1. The van der Waals surface area contributed by atoms with Crippen molar-refractivity contribution in [2.75, 3.05) is 0 Å². The highest BCUT2D eigenvalue weighted by atomic mass is 16.5. The molecular weight excluding hydrogens is 394 g/mol. The Balaban J connectivity index is 1.30. The van der Waals surface area contributed by atoms with Crippen molar-refractivity contribution in [2.24, 2.45) is 28.6 Å². The van der Waals surface area contributed by atoms with E-state index in [1.807, 2.05) is 0 Å². The third-order valence-electron chi connectivity index (χ3n) is 9.79. The number of carbonyl (C=O) groups is 1. The van der Waals surface area contributed by atoms with Crippen LogP contribution in [0.1, 0.15) is 65.7 Å². The van der Waals surface area contributed by atoms with Gasteiger partial charge in [0.1, 0.15) is 6.10 Å². The summed E-state index contributed by atoms with van der Waals surface area (Å²) in [4.78, 5) is 11.5. The van der Waals surface area contributed by atoms with Gasteiger partial charge in [-0.25, -0.2) is 0 Å². The molecule has 1 heterocycles. The van der Waals surface area contributed by atoms with Crippen molar-refractivity contribution in [1.29, 1.82) is 0 Å². The molecule has 4 aliphatic rings. The Morgan fingerprint density at radius 2 is 1.81 bits per heavy atom. The van der Waals surface area contributed by atoms with Crippen LogP contribution in [0.15, 0.2) is 54.3 Å². The maximum atomic E-state index is 11.5. The van der Waals surface area contributed by atoms with E-state index in [9.17, 15) is 4.79 Å². The Hall–Kier alpha value is -2.29. The summed E-state index contributed by atoms with van der Waals surface area (Å²) in [5.74, 6) is 2.10. The van der Waals surface area contributed by atoms with Gasteiger partial charge in [-0.1, -0.05) is 49.8 Å². The molecule has 1 aromatic heterocycles. The second-order valence-corrected chi connectivity index (χ2v) is 11.3. The maximum Gasteiger partial charge on any atom is 0.302 e. The van der Waals surface area contributed by atoms with Gasteiger partial charge in [0.2, 0.25) is 0 Å². The Morgan fingerprint density at radius 1 is 1.00 bits per heavy atom. The molecule has 2 aromatic rings. The van der Waals surface area contributed by atoms with Crippen molar-refractivity contribution in [3.05, 3.63) is 54.3 Å². The Morgan fingerprint density at radius 3 is 2.66 bits per heavy atom. The lowest BCUT2D eigenvalue weighted by molar-refractivity contribution is -0.148. The van der Waals surface area contributed by atoms with E-state index in [-0.39, 0.29) is 22.9 Å². The quantitative estimate of drug-likeness (QED) is 0.381. The number of para-hydroxylation sites is 1. The number of fused-ring (bicyclic) bond motifs is 6. The minimum absolute atomic E-state index is 0.0824. The average molecular weight is 430 g/mol. The van der Waals surface area contributed by atoms with Crippen LogP contribution >= 0.6 is 0 Å². The van der Waals surface area contributed by atoms with Gasteiger partial charge in [-0.05, 0) is 79.2 Å². The fourth-order valence-electron chi connectivity index (χ4n) is 8.17. The standard InChI is InChI=1S/C29H35NO2/c1-19(31)32-22-12-15-28(2)21(18-22)8-9-23-24-10-11-27(29(24,3)16-13-25(23)28)30-17-14-20-6-4-5-7-26(20)30/h4-8,11,14,17,22-25H,9-10,12-13,15-16,18H2,1-3H3/t22?,23-,24-,25-,28-,29-/m0/s1. The van der Waals surface area contributed by atoms with E-state index in [0.29, 0.717) is 0 Å². The maximum absolute atomic E-state index is 11.5. The fourth-order valence-corrected chi connectivity index (χ4v) is 8.17. The molecule has 168 valence electrons. The highest BCUT2D eigenvalue weighted by Crippen LogP contribution is 2.65. The van der Waals surface area contributed by atoms with Crippen LogP contribution in [0.3, 0.4) is 0 Å². The largest absolute Gasteiger partial charge is 0.462 e. The number of nitrogens with zero attached hydrogens (tertiary/aromatic N) is 1. The molecule has 32 heavy (non-hydrogen) atoms. The Labute approximate surface area is 191 Å². The molecule has 3 heteroatoms. The smallest absolute Gasteiger partial charge is 0.302 e. The lowest BCUT2D eigenvalue weighted by atomic mass is 9.47. The van der Waals surface area contributed by atoms with Gasteiger partial charge in [0.15, 0.2) is 0 Å². The highest BCUT2D eigenvalue weighted by molar-refractivity contribution is 5.84. The lowest BCUT2D eigenvalue weighted by Crippen LogP contribution is -2.50. The van der Waals surface area contributed by atoms with E-state index >= 15 is 0 Å². The minimum atomic E-state index is -0.136. The van der Waals surface area contributed by atoms with Crippen molar-refractivity contribution in [1.82, 2.24) is 4.57 Å². The molecule has 0 N–H and O–H groups in total. The van der Waals surface area contributed by atoms with Crippen LogP contribution in [0, 0.1) is 28.6 Å². The summed E-state index contributed by atoms with van der Waals surface area (Å²) < 4.78 is 8.08. The van der Waals surface area contributed by atoms with Gasteiger partial charge in [0.05, 0.1) is 5.52 Å². The first-order chi connectivity index (χ1) is 15.4. The highest BCUT2D eigenvalue weighted by Gasteiger charge is 2.57. The molecule has 3 nitrogen and oxygen atoms in total. The molecule has 2 saturated carbocycles. The summed E-state index contributed by atoms with van der Waals surface area (Å²) in [5, 5.41) is 1.33. The molecule has 2 fully saturated rings. The zero-order valence-electron chi connectivity index (χ0n) is 19.6. The molecule has 0 saturated heterocycles. The number of hydrogen-bond acceptors (Lipinski definition) is 2. The van der Waals surface area contributed by atoms with Crippen molar-refractivity contribution in [3.8, 4) is 0 Å². The third kappa shape index (κ3) is 2.82. The molecule has 0 radical (unpaired) electrons. The summed E-state index contributed by atoms with van der Waals surface area (Å²) in [7, 11) is 0. The molecule has 0 spiro atoms. The third-order valence-corrected chi connectivity index (χ3v) is 9.79. The van der Waals surface area contributed by atoms with E-state index in [2.05, 4.69) is 67.1 Å². The van der Waals surface area contributed by atoms with Gasteiger partial charge >= 0.3 is 5.97 Å². The zero-order chi connectivity index (χ0) is 22.1. The van der Waals surface area contributed by atoms with E-state index in [1.54, 1.807) is 12.5 Å². The number of esters is 1. The van der Waals surface area contributed by atoms with Crippen molar-refractivity contribution < 1.29 is 9.53 Å². The van der Waals surface area contributed by atoms with Gasteiger partial charge in [0.25, 0.3) is 0 Å². The first kappa shape index (κ1) is 20.3. The monoisotopic (exact) mass is 429 g/mol. The number of aromatic nitrogens is 1. The number of ether oxygens (including phenoxy) is 1. The SMILES string of the molecule is CC(=O)OC1CC[C@@]2(C)C(=CC[C@@H]3[C@@H]2CC[C@]2(C)C(n4ccc5ccccc54)=CC[C@@H]32)C1. The molecular formula is C29H35NO2. The molecule has 1 aromatic carbocycles. The van der Waals surface area contributed by atoms with Gasteiger partial charge in [-0.2, -0.15) is 0 Å². The van der Waals surface area contributed by atoms with Gasteiger partial charge in [0, 0.05) is 30.7 Å². The second-order valence-electron chi connectivity index (χ2n) is 11.3. The van der Waals surface area contributed by atoms with Crippen LogP contribution in [-0.2, 0) is 9.53 Å². The summed E-state index contributed by atoms with van der Waals surface area (Å²) in [6.07, 6.45) is 15.6. The predicted molar refractivity (Wildman–Crippen MR) is 129 cm³/mol. The summed E-state index contributed by atoms with van der Waals surface area (Å²) in [5.41, 5.74) is 4.97. The van der Waals surface area contributed by atoms with Gasteiger partial charge in [-0.15, -0.1) is 0 Å². The first-order valence-electron chi connectivity index (χ1n) is 12.5. The van der Waals surface area contributed by atoms with Crippen LogP contribution < -0.4 is 0 Å². The molecule has 1 unspecified atom stereocenters. The molecule has 0 amide bonds. The van der Waals surface area contributed by atoms with Crippen molar-refractivity contribution >= 4 is 22.6 Å². The summed E-state index contributed by atoms with van der Waals surface area (Å²) in [6, 6.07) is 11.0. The number of allylic oxidation sites excluding steroid dienone is 3. The van der Waals surface area contributed by atoms with Crippen LogP contribution in [0.2, 0.25) is 0 Å². The van der Waals surface area contributed by atoms with E-state index in [0.717, 1.165) is 37.0 Å². The normalized spacial score (nSPS) is 38.3. The average Bonchev–Trinajstić information content (AvgIpc) is 3.34. The first-order valence-corrected chi connectivity index (χ1v) is 12.5. The molecule has 0 bridgehead atoms. The Kier molecular flexibility index (Phi) is 4.51. The van der Waals surface area contributed by atoms with Crippen molar-refractivity contribution in [3.63, 3.8) is 0 Å². The van der Waals surface area contributed by atoms with E-state index in [1.165, 1.54) is 42.3 Å². The predicted octanol–water partition coefficient (Wildman–Crippen LogP) is 6.99. The lowest BCUT2D eigenvalue weighted by Gasteiger charge is -2.57. The van der Waals surface area contributed by atoms with E-state index < -0.39 is 0 Å². The van der Waals surface area contributed by atoms with Crippen LogP contribution in [0.5, 0.6) is 0 Å². The molecule has 0 aliphatic heterocycles. The fraction of sp³-hybridized carbons (Fsp3) is 0.552. The van der Waals surface area contributed by atoms with Crippen LogP contribution in [-0.4, -0.2) is 16.6 Å². The number of carbonyl (C=O) groups excluding carboxylic acids is 1. The summed E-state index contributed by atoms with van der Waals surface area (Å²) >= 11 is 0.